The SMILES string of the molecule is CCSc1ccccc1C(=O)NC1CCN(S(=O)(=O)c2ccc(C)cc2)CC1. The van der Waals surface area contributed by atoms with Crippen molar-refractivity contribution in [1.29, 1.82) is 0 Å². The molecule has 0 saturated carbocycles. The van der Waals surface area contributed by atoms with E-state index in [9.17, 15) is 13.2 Å². The van der Waals surface area contributed by atoms with Crippen LogP contribution in [0.15, 0.2) is 58.3 Å². The molecule has 1 heterocycles. The van der Waals surface area contributed by atoms with Crippen molar-refractivity contribution < 1.29 is 13.2 Å². The highest BCUT2D eigenvalue weighted by Gasteiger charge is 2.30. The summed E-state index contributed by atoms with van der Waals surface area (Å²) in [5.41, 5.74) is 1.71. The molecule has 1 aliphatic heterocycles. The van der Waals surface area contributed by atoms with Gasteiger partial charge < -0.3 is 5.32 Å². The number of nitrogens with one attached hydrogen (secondary N) is 1. The van der Waals surface area contributed by atoms with Crippen molar-refractivity contribution >= 4 is 27.7 Å². The molecule has 7 heteroatoms. The number of hydrogen-bond acceptors (Lipinski definition) is 4. The normalized spacial score (nSPS) is 16.1. The quantitative estimate of drug-likeness (QED) is 0.727. The zero-order valence-electron chi connectivity index (χ0n) is 16.2. The van der Waals surface area contributed by atoms with Crippen LogP contribution in [0.4, 0.5) is 0 Å². The molecule has 28 heavy (non-hydrogen) atoms. The van der Waals surface area contributed by atoms with Crippen molar-refractivity contribution in [3.8, 4) is 0 Å². The van der Waals surface area contributed by atoms with Gasteiger partial charge in [-0.3, -0.25) is 4.79 Å². The summed E-state index contributed by atoms with van der Waals surface area (Å²) >= 11 is 1.65. The third kappa shape index (κ3) is 4.77. The van der Waals surface area contributed by atoms with E-state index in [1.165, 1.54) is 4.31 Å². The van der Waals surface area contributed by atoms with Crippen LogP contribution in [0.3, 0.4) is 0 Å². The van der Waals surface area contributed by atoms with Crippen LogP contribution in [0, 0.1) is 6.92 Å². The maximum Gasteiger partial charge on any atom is 0.252 e. The molecule has 1 aliphatic rings. The summed E-state index contributed by atoms with van der Waals surface area (Å²) in [5.74, 6) is 0.816. The number of thioether (sulfide) groups is 1. The average Bonchev–Trinajstić information content (AvgIpc) is 2.69. The topological polar surface area (TPSA) is 66.5 Å². The Balaban J connectivity index is 1.61. The van der Waals surface area contributed by atoms with Gasteiger partial charge in [0.15, 0.2) is 0 Å². The highest BCUT2D eigenvalue weighted by atomic mass is 32.2. The Hall–Kier alpha value is -1.83. The van der Waals surface area contributed by atoms with E-state index in [1.54, 1.807) is 23.9 Å². The lowest BCUT2D eigenvalue weighted by atomic mass is 10.1. The van der Waals surface area contributed by atoms with E-state index in [2.05, 4.69) is 12.2 Å². The maximum absolute atomic E-state index is 12.8. The number of rotatable bonds is 6. The minimum Gasteiger partial charge on any atom is -0.349 e. The lowest BCUT2D eigenvalue weighted by molar-refractivity contribution is 0.0921. The van der Waals surface area contributed by atoms with Crippen molar-refractivity contribution in [2.45, 2.75) is 42.5 Å². The first-order valence-electron chi connectivity index (χ1n) is 9.51. The minimum absolute atomic E-state index is 0.0170. The van der Waals surface area contributed by atoms with Gasteiger partial charge in [-0.25, -0.2) is 8.42 Å². The second-order valence-corrected chi connectivity index (χ2v) is 10.1. The molecule has 0 aromatic heterocycles. The molecule has 1 amide bonds. The summed E-state index contributed by atoms with van der Waals surface area (Å²) < 4.78 is 27.1. The van der Waals surface area contributed by atoms with E-state index in [0.717, 1.165) is 16.2 Å². The molecule has 0 unspecified atom stereocenters. The smallest absolute Gasteiger partial charge is 0.252 e. The first kappa shape index (κ1) is 20.9. The Labute approximate surface area is 171 Å². The number of carbonyl (C=O) groups excluding carboxylic acids is 1. The largest absolute Gasteiger partial charge is 0.349 e. The Morgan fingerprint density at radius 3 is 2.39 bits per heavy atom. The average molecular weight is 419 g/mol. The first-order valence-corrected chi connectivity index (χ1v) is 11.9. The van der Waals surface area contributed by atoms with Gasteiger partial charge in [0.05, 0.1) is 10.5 Å². The molecular formula is C21H26N2O3S2. The number of nitrogens with zero attached hydrogens (tertiary/aromatic N) is 1. The summed E-state index contributed by atoms with van der Waals surface area (Å²) in [6.45, 7) is 4.81. The summed E-state index contributed by atoms with van der Waals surface area (Å²) in [7, 11) is -3.48. The molecule has 0 radical (unpaired) electrons. The first-order chi connectivity index (χ1) is 13.4. The molecule has 2 aromatic carbocycles. The van der Waals surface area contributed by atoms with E-state index in [1.807, 2.05) is 43.3 Å². The lowest BCUT2D eigenvalue weighted by Crippen LogP contribution is -2.46. The molecule has 0 aliphatic carbocycles. The fraction of sp³-hybridized carbons (Fsp3) is 0.381. The molecule has 0 atom stereocenters. The van der Waals surface area contributed by atoms with Gasteiger partial charge in [-0.15, -0.1) is 11.8 Å². The van der Waals surface area contributed by atoms with Crippen LogP contribution in [-0.4, -0.2) is 43.5 Å². The minimum atomic E-state index is -3.48. The zero-order chi connectivity index (χ0) is 20.1. The van der Waals surface area contributed by atoms with Crippen molar-refractivity contribution in [1.82, 2.24) is 9.62 Å². The fourth-order valence-electron chi connectivity index (χ4n) is 3.30. The van der Waals surface area contributed by atoms with Crippen LogP contribution in [0.2, 0.25) is 0 Å². The van der Waals surface area contributed by atoms with Gasteiger partial charge in [-0.05, 0) is 49.8 Å². The van der Waals surface area contributed by atoms with Crippen LogP contribution in [0.1, 0.15) is 35.7 Å². The molecule has 5 nitrogen and oxygen atoms in total. The monoisotopic (exact) mass is 418 g/mol. The molecular weight excluding hydrogens is 392 g/mol. The van der Waals surface area contributed by atoms with Crippen LogP contribution >= 0.6 is 11.8 Å². The second-order valence-electron chi connectivity index (χ2n) is 6.89. The van der Waals surface area contributed by atoms with E-state index in [0.29, 0.717) is 36.4 Å². The van der Waals surface area contributed by atoms with Crippen LogP contribution in [0.5, 0.6) is 0 Å². The van der Waals surface area contributed by atoms with E-state index < -0.39 is 10.0 Å². The Kier molecular flexibility index (Phi) is 6.80. The highest BCUT2D eigenvalue weighted by molar-refractivity contribution is 7.99. The summed E-state index contributed by atoms with van der Waals surface area (Å²) in [6.07, 6.45) is 1.22. The van der Waals surface area contributed by atoms with E-state index in [-0.39, 0.29) is 11.9 Å². The summed E-state index contributed by atoms with van der Waals surface area (Å²) in [4.78, 5) is 14.0. The third-order valence-electron chi connectivity index (χ3n) is 4.88. The second kappa shape index (κ2) is 9.11. The third-order valence-corrected chi connectivity index (χ3v) is 7.75. The number of amides is 1. The maximum atomic E-state index is 12.8. The predicted molar refractivity (Wildman–Crippen MR) is 113 cm³/mol. The van der Waals surface area contributed by atoms with Gasteiger partial charge >= 0.3 is 0 Å². The van der Waals surface area contributed by atoms with E-state index in [4.69, 9.17) is 0 Å². The Morgan fingerprint density at radius 2 is 1.75 bits per heavy atom. The number of carbonyl (C=O) groups is 1. The predicted octanol–water partition coefficient (Wildman–Crippen LogP) is 3.69. The zero-order valence-corrected chi connectivity index (χ0v) is 17.9. The number of hydrogen-bond donors (Lipinski definition) is 1. The number of benzene rings is 2. The Bertz CT molecular complexity index is 919. The summed E-state index contributed by atoms with van der Waals surface area (Å²) in [5, 5.41) is 3.08. The molecule has 0 spiro atoms. The van der Waals surface area contributed by atoms with E-state index >= 15 is 0 Å². The van der Waals surface area contributed by atoms with Crippen molar-refractivity contribution in [2.75, 3.05) is 18.8 Å². The fourth-order valence-corrected chi connectivity index (χ4v) is 5.57. The number of aryl methyl sites for hydroxylation is 1. The van der Waals surface area contributed by atoms with Crippen LogP contribution in [0.25, 0.3) is 0 Å². The Morgan fingerprint density at radius 1 is 1.11 bits per heavy atom. The lowest BCUT2D eigenvalue weighted by Gasteiger charge is -2.31. The molecule has 1 N–H and O–H groups in total. The molecule has 1 fully saturated rings. The van der Waals surface area contributed by atoms with Crippen molar-refractivity contribution in [3.63, 3.8) is 0 Å². The van der Waals surface area contributed by atoms with Gasteiger partial charge in [0.1, 0.15) is 0 Å². The van der Waals surface area contributed by atoms with Gasteiger partial charge in [0, 0.05) is 24.0 Å². The van der Waals surface area contributed by atoms with Gasteiger partial charge in [0.25, 0.3) is 5.91 Å². The summed E-state index contributed by atoms with van der Waals surface area (Å²) in [6, 6.07) is 14.5. The van der Waals surface area contributed by atoms with Crippen molar-refractivity contribution in [2.24, 2.45) is 0 Å². The van der Waals surface area contributed by atoms with Gasteiger partial charge in [0.2, 0.25) is 10.0 Å². The molecule has 2 aromatic rings. The number of piperidine rings is 1. The van der Waals surface area contributed by atoms with Gasteiger partial charge in [-0.1, -0.05) is 36.8 Å². The van der Waals surface area contributed by atoms with Crippen molar-refractivity contribution in [3.05, 3.63) is 59.7 Å². The van der Waals surface area contributed by atoms with Crippen LogP contribution < -0.4 is 5.32 Å². The molecule has 150 valence electrons. The molecule has 0 bridgehead atoms. The standard InChI is InChI=1S/C21H26N2O3S2/c1-3-27-20-7-5-4-6-19(20)21(24)22-17-12-14-23(15-13-17)28(25,26)18-10-8-16(2)9-11-18/h4-11,17H,3,12-15H2,1-2H3,(H,22,24). The molecule has 3 rings (SSSR count). The van der Waals surface area contributed by atoms with Gasteiger partial charge in [-0.2, -0.15) is 4.31 Å². The van der Waals surface area contributed by atoms with Crippen LogP contribution in [-0.2, 0) is 10.0 Å². The number of sulfonamides is 1. The molecule has 1 saturated heterocycles. The highest BCUT2D eigenvalue weighted by Crippen LogP contribution is 2.24.